The predicted octanol–water partition coefficient (Wildman–Crippen LogP) is 1.96. The van der Waals surface area contributed by atoms with Gasteiger partial charge in [-0.25, -0.2) is 18.5 Å². The Kier molecular flexibility index (Phi) is 9.52. The number of para-hydroxylation sites is 1. The molecule has 16 heteroatoms. The molecular weight excluding hydrogens is 576 g/mol. The molecule has 42 heavy (non-hydrogen) atoms. The molecule has 0 bridgehead atoms. The van der Waals surface area contributed by atoms with Crippen LogP contribution in [0.5, 0.6) is 5.75 Å². The smallest absolute Gasteiger partial charge is 0.459 e. The van der Waals surface area contributed by atoms with Gasteiger partial charge in [-0.2, -0.15) is 10.2 Å². The second kappa shape index (κ2) is 12.6. The quantitative estimate of drug-likeness (QED) is 0.162. The third-order valence-electron chi connectivity index (χ3n) is 6.83. The van der Waals surface area contributed by atoms with Crippen LogP contribution in [-0.4, -0.2) is 87.2 Å². The minimum atomic E-state index is -4.47. The van der Waals surface area contributed by atoms with Crippen LogP contribution < -0.4 is 15.3 Å². The lowest BCUT2D eigenvalue weighted by atomic mass is 9.96. The molecule has 1 fully saturated rings. The number of carbonyl (C=O) groups is 1. The standard InChI is InChI=1S/C26H35FN5O9P/c1-16(24(35)38-13-25(2,3)37-4)31-42(36,41-17-8-6-5-7-9-17)39-14-26(12-27)22(34)20(33)21(40-26)18-10-11-19-23(28)29-15-30-32(18)19/h5-11,15-16,20-22,33-34H,12-14H2,1-4H3,(H,31,36)(H2,28,29,30)/t16-,20-,21-,22-,26+,42?/m0/s1. The largest absolute Gasteiger partial charge is 0.461 e. The van der Waals surface area contributed by atoms with Crippen molar-refractivity contribution in [3.05, 3.63) is 54.5 Å². The van der Waals surface area contributed by atoms with Crippen LogP contribution in [0.4, 0.5) is 10.2 Å². The van der Waals surface area contributed by atoms with Gasteiger partial charge in [0.1, 0.15) is 60.8 Å². The predicted molar refractivity (Wildman–Crippen MR) is 147 cm³/mol. The summed E-state index contributed by atoms with van der Waals surface area (Å²) in [5, 5.41) is 28.4. The zero-order valence-corrected chi connectivity index (χ0v) is 24.4. The second-order valence-electron chi connectivity index (χ2n) is 10.5. The van der Waals surface area contributed by atoms with Crippen molar-refractivity contribution in [3.8, 4) is 5.75 Å². The van der Waals surface area contributed by atoms with E-state index in [2.05, 4.69) is 15.2 Å². The van der Waals surface area contributed by atoms with Crippen molar-refractivity contribution in [1.29, 1.82) is 0 Å². The molecule has 6 atom stereocenters. The molecule has 3 aromatic rings. The molecule has 0 amide bonds. The number of rotatable bonds is 13. The van der Waals surface area contributed by atoms with Gasteiger partial charge >= 0.3 is 13.7 Å². The zero-order chi connectivity index (χ0) is 30.7. The number of esters is 1. The molecule has 1 aliphatic rings. The number of nitrogens with zero attached hydrogens (tertiary/aromatic N) is 3. The number of benzene rings is 1. The molecule has 0 aliphatic carbocycles. The SMILES string of the molecule is COC(C)(C)COC(=O)[C@H](C)NP(=O)(OC[C@@]1(CF)O[C@@H](c2ccc3c(N)ncnn23)[C@H](O)[C@@H]1O)Oc1ccccc1. The van der Waals surface area contributed by atoms with Gasteiger partial charge in [0, 0.05) is 7.11 Å². The third-order valence-corrected chi connectivity index (χ3v) is 8.45. The molecule has 0 saturated carbocycles. The van der Waals surface area contributed by atoms with Crippen molar-refractivity contribution in [2.45, 2.75) is 56.3 Å². The molecule has 3 heterocycles. The van der Waals surface area contributed by atoms with Gasteiger partial charge < -0.3 is 34.7 Å². The minimum Gasteiger partial charge on any atom is -0.461 e. The van der Waals surface area contributed by atoms with Gasteiger partial charge in [-0.15, -0.1) is 0 Å². The Bertz CT molecular complexity index is 1430. The number of fused-ring (bicyclic) bond motifs is 1. The van der Waals surface area contributed by atoms with Crippen molar-refractivity contribution < 1.29 is 47.2 Å². The number of nitrogen functional groups attached to an aromatic ring is 1. The highest BCUT2D eigenvalue weighted by atomic mass is 31.2. The van der Waals surface area contributed by atoms with Gasteiger partial charge in [0.15, 0.2) is 5.82 Å². The number of hydrogen-bond donors (Lipinski definition) is 4. The summed E-state index contributed by atoms with van der Waals surface area (Å²) in [6, 6.07) is 9.86. The number of ether oxygens (including phenoxy) is 3. The van der Waals surface area contributed by atoms with E-state index in [4.69, 9.17) is 29.0 Å². The van der Waals surface area contributed by atoms with Gasteiger partial charge in [0.25, 0.3) is 0 Å². The van der Waals surface area contributed by atoms with Gasteiger partial charge in [-0.1, -0.05) is 18.2 Å². The lowest BCUT2D eigenvalue weighted by molar-refractivity contribution is -0.153. The van der Waals surface area contributed by atoms with Crippen molar-refractivity contribution in [2.75, 3.05) is 32.7 Å². The summed E-state index contributed by atoms with van der Waals surface area (Å²) < 4.78 is 57.5. The first kappa shape index (κ1) is 31.8. The molecule has 230 valence electrons. The molecule has 1 saturated heterocycles. The van der Waals surface area contributed by atoms with Crippen LogP contribution in [0.15, 0.2) is 48.8 Å². The van der Waals surface area contributed by atoms with E-state index in [0.29, 0.717) is 5.52 Å². The molecule has 0 spiro atoms. The van der Waals surface area contributed by atoms with Crippen LogP contribution in [0.3, 0.4) is 0 Å². The summed E-state index contributed by atoms with van der Waals surface area (Å²) in [6.07, 6.45) is -3.52. The van der Waals surface area contributed by atoms with Gasteiger partial charge in [-0.05, 0) is 45.0 Å². The lowest BCUT2D eigenvalue weighted by Gasteiger charge is -2.31. The van der Waals surface area contributed by atoms with Crippen molar-refractivity contribution >= 4 is 25.1 Å². The molecule has 5 N–H and O–H groups in total. The normalized spacial score (nSPS) is 24.8. The van der Waals surface area contributed by atoms with Crippen LogP contribution >= 0.6 is 7.75 Å². The molecule has 4 rings (SSSR count). The number of nitrogens with two attached hydrogens (primary N) is 1. The number of nitrogens with one attached hydrogen (secondary N) is 1. The summed E-state index contributed by atoms with van der Waals surface area (Å²) in [5.41, 5.74) is 3.62. The Hall–Kier alpha value is -3.17. The van der Waals surface area contributed by atoms with E-state index in [0.717, 1.165) is 0 Å². The average Bonchev–Trinajstić information content (AvgIpc) is 3.51. The summed E-state index contributed by atoms with van der Waals surface area (Å²) >= 11 is 0. The number of alkyl halides is 1. The highest BCUT2D eigenvalue weighted by Gasteiger charge is 2.57. The fourth-order valence-corrected chi connectivity index (χ4v) is 5.73. The average molecular weight is 612 g/mol. The number of carbonyl (C=O) groups excluding carboxylic acids is 1. The Morgan fingerprint density at radius 1 is 1.29 bits per heavy atom. The molecule has 1 aliphatic heterocycles. The number of hydrogen-bond acceptors (Lipinski definition) is 12. The minimum absolute atomic E-state index is 0.0890. The van der Waals surface area contributed by atoms with E-state index in [1.54, 1.807) is 44.2 Å². The number of aliphatic hydroxyl groups excluding tert-OH is 2. The topological polar surface area (TPSA) is 189 Å². The highest BCUT2D eigenvalue weighted by molar-refractivity contribution is 7.52. The van der Waals surface area contributed by atoms with E-state index < -0.39 is 62.6 Å². The van der Waals surface area contributed by atoms with Gasteiger partial charge in [0.2, 0.25) is 0 Å². The summed E-state index contributed by atoms with van der Waals surface area (Å²) in [6.45, 7) is 2.55. The van der Waals surface area contributed by atoms with Crippen molar-refractivity contribution in [2.24, 2.45) is 0 Å². The maximum atomic E-state index is 14.6. The highest BCUT2D eigenvalue weighted by Crippen LogP contribution is 2.48. The van der Waals surface area contributed by atoms with E-state index in [9.17, 15) is 24.0 Å². The van der Waals surface area contributed by atoms with Crippen LogP contribution in [0, 0.1) is 0 Å². The van der Waals surface area contributed by atoms with Crippen molar-refractivity contribution in [1.82, 2.24) is 19.7 Å². The number of aliphatic hydroxyl groups is 2. The molecule has 1 aromatic carbocycles. The fraction of sp³-hybridized carbons (Fsp3) is 0.500. The van der Waals surface area contributed by atoms with Crippen LogP contribution in [-0.2, 0) is 28.1 Å². The van der Waals surface area contributed by atoms with Crippen LogP contribution in [0.1, 0.15) is 32.6 Å². The maximum absolute atomic E-state index is 14.6. The number of aromatic nitrogens is 3. The molecule has 0 radical (unpaired) electrons. The zero-order valence-electron chi connectivity index (χ0n) is 23.5. The van der Waals surface area contributed by atoms with Crippen LogP contribution in [0.25, 0.3) is 5.52 Å². The van der Waals surface area contributed by atoms with Gasteiger partial charge in [0.05, 0.1) is 17.9 Å². The van der Waals surface area contributed by atoms with E-state index in [-0.39, 0.29) is 23.9 Å². The molecule has 1 unspecified atom stereocenters. The Labute approximate surface area is 241 Å². The Balaban J connectivity index is 1.55. The van der Waals surface area contributed by atoms with E-state index >= 15 is 0 Å². The first-order valence-electron chi connectivity index (χ1n) is 13.0. The molecule has 2 aromatic heterocycles. The first-order valence-corrected chi connectivity index (χ1v) is 14.5. The molecule has 14 nitrogen and oxygen atoms in total. The monoisotopic (exact) mass is 611 g/mol. The number of halogens is 1. The van der Waals surface area contributed by atoms with E-state index in [1.165, 1.54) is 37.0 Å². The first-order chi connectivity index (χ1) is 19.8. The Morgan fingerprint density at radius 3 is 2.67 bits per heavy atom. The molecular formula is C26H35FN5O9P. The Morgan fingerprint density at radius 2 is 2.00 bits per heavy atom. The number of anilines is 1. The van der Waals surface area contributed by atoms with E-state index in [1.807, 2.05) is 0 Å². The second-order valence-corrected chi connectivity index (χ2v) is 12.2. The maximum Gasteiger partial charge on any atom is 0.459 e. The summed E-state index contributed by atoms with van der Waals surface area (Å²) in [5.74, 6) is -0.505. The third kappa shape index (κ3) is 6.73. The fourth-order valence-electron chi connectivity index (χ4n) is 4.18. The summed E-state index contributed by atoms with van der Waals surface area (Å²) in [4.78, 5) is 16.6. The number of methoxy groups -OCH3 is 1. The van der Waals surface area contributed by atoms with Crippen molar-refractivity contribution in [3.63, 3.8) is 0 Å². The van der Waals surface area contributed by atoms with Crippen LogP contribution in [0.2, 0.25) is 0 Å². The summed E-state index contributed by atoms with van der Waals surface area (Å²) in [7, 11) is -3.00. The lowest BCUT2D eigenvalue weighted by Crippen LogP contribution is -2.49. The van der Waals surface area contributed by atoms with Gasteiger partial charge in [-0.3, -0.25) is 9.32 Å².